The number of allylic oxidation sites excluding steroid dienone is 7. The number of unbranched alkanes of at least 4 members (excludes halogenated alkanes) is 4. The molecule has 1 nitrogen and oxygen atoms in total. The highest BCUT2D eigenvalue weighted by atomic mass is 16.6. The van der Waals surface area contributed by atoms with Crippen LogP contribution in [0.5, 0.6) is 0 Å². The molecular weight excluding hydrogens is 256 g/mol. The molecule has 0 aromatic carbocycles. The van der Waals surface area contributed by atoms with E-state index in [2.05, 4.69) is 62.5 Å². The third-order valence-electron chi connectivity index (χ3n) is 3.65. The van der Waals surface area contributed by atoms with Crippen molar-refractivity contribution < 1.29 is 4.74 Å². The van der Waals surface area contributed by atoms with Gasteiger partial charge in [-0.3, -0.25) is 0 Å². The molecule has 0 saturated carbocycles. The Morgan fingerprint density at radius 3 is 2.43 bits per heavy atom. The molecule has 1 heterocycles. The number of epoxide rings is 1. The maximum atomic E-state index is 5.57. The Morgan fingerprint density at radius 2 is 1.62 bits per heavy atom. The molecule has 1 unspecified atom stereocenters. The van der Waals surface area contributed by atoms with Gasteiger partial charge in [-0.15, -0.1) is 0 Å². The molecule has 1 aliphatic rings. The lowest BCUT2D eigenvalue weighted by Crippen LogP contribution is -1.89. The second-order valence-electron chi connectivity index (χ2n) is 5.68. The number of rotatable bonds is 12. The average Bonchev–Trinajstić information content (AvgIpc) is 3.24. The minimum Gasteiger partial charge on any atom is -0.365 e. The van der Waals surface area contributed by atoms with Gasteiger partial charge in [0.05, 0.1) is 6.10 Å². The highest BCUT2D eigenvalue weighted by Gasteiger charge is 2.34. The first-order chi connectivity index (χ1) is 10.4. The summed E-state index contributed by atoms with van der Waals surface area (Å²) in [6.07, 6.45) is 28.1. The highest BCUT2D eigenvalue weighted by Crippen LogP contribution is 2.27. The van der Waals surface area contributed by atoms with Crippen LogP contribution in [-0.2, 0) is 4.74 Å². The van der Waals surface area contributed by atoms with E-state index < -0.39 is 0 Å². The van der Waals surface area contributed by atoms with Crippen molar-refractivity contribution in [3.63, 3.8) is 0 Å². The molecule has 0 bridgehead atoms. The smallest absolute Gasteiger partial charge is 0.103 e. The quantitative estimate of drug-likeness (QED) is 0.182. The maximum Gasteiger partial charge on any atom is 0.103 e. The normalized spacial score (nSPS) is 22.4. The Labute approximate surface area is 131 Å². The Morgan fingerprint density at radius 1 is 0.810 bits per heavy atom. The molecule has 1 saturated heterocycles. The Bertz CT molecular complexity index is 349. The van der Waals surface area contributed by atoms with Gasteiger partial charge in [-0.25, -0.2) is 0 Å². The molecule has 1 rings (SSSR count). The van der Waals surface area contributed by atoms with Gasteiger partial charge >= 0.3 is 0 Å². The predicted octanol–water partition coefficient (Wildman–Crippen LogP) is 6.14. The molecule has 118 valence electrons. The van der Waals surface area contributed by atoms with Crippen LogP contribution in [0.4, 0.5) is 0 Å². The highest BCUT2D eigenvalue weighted by molar-refractivity contribution is 5.15. The predicted molar refractivity (Wildman–Crippen MR) is 93.5 cm³/mol. The molecule has 21 heavy (non-hydrogen) atoms. The Balaban J connectivity index is 1.98. The fraction of sp³-hybridized carbons (Fsp3) is 0.600. The van der Waals surface area contributed by atoms with Crippen LogP contribution in [0.2, 0.25) is 0 Å². The van der Waals surface area contributed by atoms with Crippen LogP contribution in [0.1, 0.15) is 65.2 Å². The molecule has 0 amide bonds. The van der Waals surface area contributed by atoms with Gasteiger partial charge in [0.2, 0.25) is 0 Å². The third-order valence-corrected chi connectivity index (χ3v) is 3.65. The summed E-state index contributed by atoms with van der Waals surface area (Å²) < 4.78 is 5.57. The van der Waals surface area contributed by atoms with Crippen LogP contribution >= 0.6 is 0 Å². The molecule has 0 aromatic rings. The molecule has 1 fully saturated rings. The summed E-state index contributed by atoms with van der Waals surface area (Å²) in [5.74, 6) is 0. The van der Waals surface area contributed by atoms with Gasteiger partial charge in [-0.1, -0.05) is 88.1 Å². The van der Waals surface area contributed by atoms with Crippen LogP contribution in [0.25, 0.3) is 0 Å². The lowest BCUT2D eigenvalue weighted by atomic mass is 10.1. The Hall–Kier alpha value is -1.08. The van der Waals surface area contributed by atoms with Crippen molar-refractivity contribution in [3.05, 3.63) is 48.6 Å². The zero-order valence-corrected chi connectivity index (χ0v) is 13.8. The van der Waals surface area contributed by atoms with Gasteiger partial charge in [0, 0.05) is 0 Å². The summed E-state index contributed by atoms with van der Waals surface area (Å²) in [5.41, 5.74) is 0. The van der Waals surface area contributed by atoms with Crippen LogP contribution in [0, 0.1) is 0 Å². The lowest BCUT2D eigenvalue weighted by molar-refractivity contribution is 0.375. The van der Waals surface area contributed by atoms with Crippen LogP contribution in [-0.4, -0.2) is 12.2 Å². The van der Waals surface area contributed by atoms with Gasteiger partial charge < -0.3 is 4.74 Å². The first-order valence-corrected chi connectivity index (χ1v) is 8.69. The molecule has 0 radical (unpaired) electrons. The van der Waals surface area contributed by atoms with Crippen molar-refractivity contribution in [2.75, 3.05) is 0 Å². The fourth-order valence-corrected chi connectivity index (χ4v) is 2.23. The molecule has 0 N–H and O–H groups in total. The van der Waals surface area contributed by atoms with Gasteiger partial charge in [-0.05, 0) is 25.7 Å². The van der Waals surface area contributed by atoms with Crippen molar-refractivity contribution >= 4 is 0 Å². The summed E-state index contributed by atoms with van der Waals surface area (Å²) >= 11 is 0. The van der Waals surface area contributed by atoms with Gasteiger partial charge in [0.25, 0.3) is 0 Å². The van der Waals surface area contributed by atoms with E-state index >= 15 is 0 Å². The summed E-state index contributed by atoms with van der Waals surface area (Å²) in [4.78, 5) is 0. The fourth-order valence-electron chi connectivity index (χ4n) is 2.23. The van der Waals surface area contributed by atoms with E-state index in [0.717, 1.165) is 6.42 Å². The maximum absolute atomic E-state index is 5.57. The third kappa shape index (κ3) is 10.3. The molecule has 0 aromatic heterocycles. The summed E-state index contributed by atoms with van der Waals surface area (Å²) in [7, 11) is 0. The van der Waals surface area contributed by atoms with E-state index in [1.165, 1.54) is 44.9 Å². The van der Waals surface area contributed by atoms with Gasteiger partial charge in [0.1, 0.15) is 6.10 Å². The van der Waals surface area contributed by atoms with Crippen molar-refractivity contribution in [3.8, 4) is 0 Å². The van der Waals surface area contributed by atoms with E-state index in [9.17, 15) is 0 Å². The van der Waals surface area contributed by atoms with Crippen molar-refractivity contribution in [2.45, 2.75) is 77.4 Å². The zero-order valence-electron chi connectivity index (χ0n) is 13.8. The van der Waals surface area contributed by atoms with E-state index in [1.54, 1.807) is 0 Å². The van der Waals surface area contributed by atoms with Crippen molar-refractivity contribution in [1.29, 1.82) is 0 Å². The number of hydrogen-bond donors (Lipinski definition) is 0. The minimum atomic E-state index is 0.372. The first kappa shape index (κ1) is 18.0. The van der Waals surface area contributed by atoms with Gasteiger partial charge in [-0.2, -0.15) is 0 Å². The Kier molecular flexibility index (Phi) is 10.8. The summed E-state index contributed by atoms with van der Waals surface area (Å²) in [6.45, 7) is 4.47. The first-order valence-electron chi connectivity index (χ1n) is 8.69. The molecule has 0 aliphatic carbocycles. The van der Waals surface area contributed by atoms with Crippen LogP contribution < -0.4 is 0 Å². The minimum absolute atomic E-state index is 0.372. The van der Waals surface area contributed by atoms with E-state index in [1.807, 2.05) is 0 Å². The standard InChI is InChI=1S/C20H32O/c1-3-5-7-8-9-10-11-12-13-14-15-16-18-20-19(21-20)17-6-4-2/h9-10,12-16,18-20H,3-8,11,17H2,1-2H3/b10-9-,13-12-,15-14+,18-16+/t19?,20-/m0/s1. The van der Waals surface area contributed by atoms with Crippen molar-refractivity contribution in [2.24, 2.45) is 0 Å². The lowest BCUT2D eigenvalue weighted by Gasteiger charge is -1.90. The second kappa shape index (κ2) is 12.6. The molecular formula is C20H32O. The van der Waals surface area contributed by atoms with Crippen molar-refractivity contribution in [1.82, 2.24) is 0 Å². The van der Waals surface area contributed by atoms with E-state index in [0.29, 0.717) is 12.2 Å². The summed E-state index contributed by atoms with van der Waals surface area (Å²) in [6, 6.07) is 0. The zero-order chi connectivity index (χ0) is 15.2. The largest absolute Gasteiger partial charge is 0.365 e. The topological polar surface area (TPSA) is 12.5 Å². The SMILES string of the molecule is CCCCC/C=C\C\C=C/C=C/C=C/[C@@H]1OC1CCCC. The van der Waals surface area contributed by atoms with Gasteiger partial charge in [0.15, 0.2) is 0 Å². The monoisotopic (exact) mass is 288 g/mol. The summed E-state index contributed by atoms with van der Waals surface area (Å²) in [5, 5.41) is 0. The van der Waals surface area contributed by atoms with Crippen LogP contribution in [0.15, 0.2) is 48.6 Å². The number of ether oxygens (including phenoxy) is 1. The molecule has 0 spiro atoms. The second-order valence-corrected chi connectivity index (χ2v) is 5.68. The van der Waals surface area contributed by atoms with E-state index in [4.69, 9.17) is 4.74 Å². The number of hydrogen-bond acceptors (Lipinski definition) is 1. The van der Waals surface area contributed by atoms with E-state index in [-0.39, 0.29) is 0 Å². The average molecular weight is 288 g/mol. The molecule has 2 atom stereocenters. The molecule has 1 heteroatoms. The molecule has 1 aliphatic heterocycles. The van der Waals surface area contributed by atoms with Crippen LogP contribution in [0.3, 0.4) is 0 Å².